The third kappa shape index (κ3) is 4.93. The molecule has 0 radical (unpaired) electrons. The topological polar surface area (TPSA) is 34.4 Å². The normalized spacial score (nSPS) is 27.8. The van der Waals surface area contributed by atoms with Crippen LogP contribution in [0.2, 0.25) is 5.02 Å². The number of nitrogens with zero attached hydrogens (tertiary/aromatic N) is 1. The Morgan fingerprint density at radius 2 is 2.13 bits per heavy atom. The Kier molecular flexibility index (Phi) is 5.63. The fraction of sp³-hybridized carbons (Fsp3) is 0.684. The molecule has 3 atom stereocenters. The molecule has 2 fully saturated rings. The van der Waals surface area contributed by atoms with Crippen molar-refractivity contribution in [3.8, 4) is 0 Å². The molecule has 1 aromatic carbocycles. The van der Waals surface area contributed by atoms with Crippen LogP contribution in [0.4, 0.5) is 0 Å². The molecule has 4 heteroatoms. The minimum Gasteiger partial charge on any atom is -0.378 e. The van der Waals surface area contributed by atoms with E-state index in [2.05, 4.69) is 49.2 Å². The molecule has 0 saturated carbocycles. The van der Waals surface area contributed by atoms with Crippen molar-refractivity contribution in [3.05, 3.63) is 34.3 Å². The number of benzene rings is 1. The van der Waals surface area contributed by atoms with Gasteiger partial charge in [0.2, 0.25) is 0 Å². The highest BCUT2D eigenvalue weighted by molar-refractivity contribution is 6.30. The third-order valence-corrected chi connectivity index (χ3v) is 5.15. The summed E-state index contributed by atoms with van der Waals surface area (Å²) in [4.78, 5) is 2.60. The van der Waals surface area contributed by atoms with Crippen LogP contribution in [0.15, 0.2) is 18.2 Å². The summed E-state index contributed by atoms with van der Waals surface area (Å²) < 4.78 is 5.80. The zero-order valence-electron chi connectivity index (χ0n) is 14.5. The summed E-state index contributed by atoms with van der Waals surface area (Å²) in [5, 5.41) is 4.22. The van der Waals surface area contributed by atoms with Crippen molar-refractivity contribution in [2.24, 2.45) is 5.92 Å². The van der Waals surface area contributed by atoms with E-state index >= 15 is 0 Å². The average molecular weight is 337 g/mol. The Labute approximate surface area is 145 Å². The highest BCUT2D eigenvalue weighted by Crippen LogP contribution is 2.27. The van der Waals surface area contributed by atoms with Gasteiger partial charge >= 0.3 is 0 Å². The largest absolute Gasteiger partial charge is 0.378 e. The Morgan fingerprint density at radius 1 is 1.35 bits per heavy atom. The first-order chi connectivity index (χ1) is 11.0. The molecule has 1 N–H and O–H groups in total. The molecule has 2 saturated heterocycles. The minimum absolute atomic E-state index is 0.334. The second-order valence-corrected chi connectivity index (χ2v) is 7.87. The van der Waals surface area contributed by atoms with Crippen LogP contribution < -0.4 is 5.32 Å². The van der Waals surface area contributed by atoms with Gasteiger partial charge in [0.05, 0.1) is 12.7 Å². The number of rotatable bonds is 7. The summed E-state index contributed by atoms with van der Waals surface area (Å²) in [6.45, 7) is 10.8. The summed E-state index contributed by atoms with van der Waals surface area (Å²) in [5.74, 6) is 0.679. The van der Waals surface area contributed by atoms with Gasteiger partial charge in [0.25, 0.3) is 0 Å². The van der Waals surface area contributed by atoms with Gasteiger partial charge < -0.3 is 10.1 Å². The third-order valence-electron chi connectivity index (χ3n) is 4.93. The number of halogens is 1. The molecule has 1 aromatic rings. The van der Waals surface area contributed by atoms with Crippen LogP contribution in [-0.4, -0.2) is 43.3 Å². The first kappa shape index (κ1) is 17.2. The van der Waals surface area contributed by atoms with Gasteiger partial charge in [-0.3, -0.25) is 4.90 Å². The molecule has 3 unspecified atom stereocenters. The Morgan fingerprint density at radius 3 is 2.83 bits per heavy atom. The predicted molar refractivity (Wildman–Crippen MR) is 96.1 cm³/mol. The average Bonchev–Trinajstić information content (AvgIpc) is 3.27. The molecule has 2 aliphatic rings. The van der Waals surface area contributed by atoms with Gasteiger partial charge in [0, 0.05) is 36.7 Å². The molecular weight excluding hydrogens is 308 g/mol. The standard InChI is InChI=1S/C19H29ClN2O/c1-13(2)23-12-16-6-14(3)22(11-16)5-4-15-7-17(19-10-21-19)9-18(20)8-15/h7-9,13-14,16,19,21H,4-6,10-12H2,1-3H3. The van der Waals surface area contributed by atoms with E-state index in [9.17, 15) is 0 Å². The predicted octanol–water partition coefficient (Wildman–Crippen LogP) is 3.66. The molecule has 3 nitrogen and oxygen atoms in total. The Bertz CT molecular complexity index is 530. The zero-order valence-corrected chi connectivity index (χ0v) is 15.3. The van der Waals surface area contributed by atoms with E-state index in [1.165, 1.54) is 17.5 Å². The second-order valence-electron chi connectivity index (χ2n) is 7.43. The maximum absolute atomic E-state index is 6.28. The van der Waals surface area contributed by atoms with Crippen molar-refractivity contribution < 1.29 is 4.74 Å². The number of hydrogen-bond donors (Lipinski definition) is 1. The van der Waals surface area contributed by atoms with Gasteiger partial charge in [-0.05, 0) is 62.8 Å². The van der Waals surface area contributed by atoms with Gasteiger partial charge in [0.15, 0.2) is 0 Å². The van der Waals surface area contributed by atoms with E-state index in [-0.39, 0.29) is 0 Å². The molecule has 23 heavy (non-hydrogen) atoms. The summed E-state index contributed by atoms with van der Waals surface area (Å²) in [7, 11) is 0. The summed E-state index contributed by atoms with van der Waals surface area (Å²) in [6.07, 6.45) is 2.65. The van der Waals surface area contributed by atoms with Crippen molar-refractivity contribution in [2.75, 3.05) is 26.2 Å². The molecule has 2 heterocycles. The lowest BCUT2D eigenvalue weighted by Crippen LogP contribution is -2.29. The van der Waals surface area contributed by atoms with Crippen LogP contribution in [-0.2, 0) is 11.2 Å². The van der Waals surface area contributed by atoms with Gasteiger partial charge in [0.1, 0.15) is 0 Å². The van der Waals surface area contributed by atoms with E-state index in [1.54, 1.807) is 0 Å². The van der Waals surface area contributed by atoms with Crippen molar-refractivity contribution in [1.82, 2.24) is 10.2 Å². The van der Waals surface area contributed by atoms with Crippen LogP contribution >= 0.6 is 11.6 Å². The summed E-state index contributed by atoms with van der Waals surface area (Å²) in [6, 6.07) is 7.70. The lowest BCUT2D eigenvalue weighted by Gasteiger charge is -2.21. The minimum atomic E-state index is 0.334. The summed E-state index contributed by atoms with van der Waals surface area (Å²) in [5.41, 5.74) is 2.69. The molecule has 0 amide bonds. The monoisotopic (exact) mass is 336 g/mol. The van der Waals surface area contributed by atoms with E-state index in [4.69, 9.17) is 16.3 Å². The highest BCUT2D eigenvalue weighted by atomic mass is 35.5. The van der Waals surface area contributed by atoms with Gasteiger partial charge in [-0.15, -0.1) is 0 Å². The number of hydrogen-bond acceptors (Lipinski definition) is 3. The van der Waals surface area contributed by atoms with Gasteiger partial charge in [-0.25, -0.2) is 0 Å². The number of likely N-dealkylation sites (tertiary alicyclic amines) is 1. The van der Waals surface area contributed by atoms with Crippen molar-refractivity contribution >= 4 is 11.6 Å². The quantitative estimate of drug-likeness (QED) is 0.772. The molecule has 0 spiro atoms. The van der Waals surface area contributed by atoms with Crippen LogP contribution in [0.3, 0.4) is 0 Å². The SMILES string of the molecule is CC(C)OCC1CC(C)N(CCc2cc(Cl)cc(C3CN3)c2)C1. The summed E-state index contributed by atoms with van der Waals surface area (Å²) >= 11 is 6.28. The van der Waals surface area contributed by atoms with Crippen molar-refractivity contribution in [1.29, 1.82) is 0 Å². The van der Waals surface area contributed by atoms with Crippen LogP contribution in [0, 0.1) is 5.92 Å². The highest BCUT2D eigenvalue weighted by Gasteiger charge is 2.29. The first-order valence-electron chi connectivity index (χ1n) is 8.89. The molecule has 0 aromatic heterocycles. The second kappa shape index (κ2) is 7.52. The maximum atomic E-state index is 6.28. The Hall–Kier alpha value is -0.610. The lowest BCUT2D eigenvalue weighted by molar-refractivity contribution is 0.0530. The number of nitrogens with one attached hydrogen (secondary N) is 1. The smallest absolute Gasteiger partial charge is 0.0519 e. The molecule has 0 aliphatic carbocycles. The van der Waals surface area contributed by atoms with E-state index in [0.717, 1.165) is 37.7 Å². The van der Waals surface area contributed by atoms with E-state index in [1.807, 2.05) is 0 Å². The van der Waals surface area contributed by atoms with Crippen LogP contribution in [0.1, 0.15) is 44.4 Å². The molecule has 2 aliphatic heterocycles. The van der Waals surface area contributed by atoms with Crippen molar-refractivity contribution in [3.63, 3.8) is 0 Å². The first-order valence-corrected chi connectivity index (χ1v) is 9.27. The fourth-order valence-electron chi connectivity index (χ4n) is 3.57. The molecular formula is C19H29ClN2O. The van der Waals surface area contributed by atoms with Gasteiger partial charge in [-0.2, -0.15) is 0 Å². The maximum Gasteiger partial charge on any atom is 0.0519 e. The zero-order chi connectivity index (χ0) is 16.4. The Balaban J connectivity index is 1.52. The number of ether oxygens (including phenoxy) is 1. The van der Waals surface area contributed by atoms with Gasteiger partial charge in [-0.1, -0.05) is 17.7 Å². The van der Waals surface area contributed by atoms with E-state index in [0.29, 0.717) is 24.1 Å². The van der Waals surface area contributed by atoms with E-state index < -0.39 is 0 Å². The molecule has 128 valence electrons. The fourth-order valence-corrected chi connectivity index (χ4v) is 3.83. The van der Waals surface area contributed by atoms with Crippen LogP contribution in [0.25, 0.3) is 0 Å². The van der Waals surface area contributed by atoms with Crippen molar-refractivity contribution in [2.45, 2.75) is 51.8 Å². The molecule has 3 rings (SSSR count). The lowest BCUT2D eigenvalue weighted by atomic mass is 10.1. The molecule has 0 bridgehead atoms. The van der Waals surface area contributed by atoms with Crippen LogP contribution in [0.5, 0.6) is 0 Å².